The summed E-state index contributed by atoms with van der Waals surface area (Å²) in [6.07, 6.45) is 2.72. The Morgan fingerprint density at radius 2 is 1.81 bits per heavy atom. The molecule has 0 N–H and O–H groups in total. The third kappa shape index (κ3) is 4.70. The van der Waals surface area contributed by atoms with Crippen LogP contribution in [0.5, 0.6) is 0 Å². The van der Waals surface area contributed by atoms with Crippen molar-refractivity contribution >= 4 is 35.0 Å². The Morgan fingerprint density at radius 1 is 1.08 bits per heavy atom. The number of piperazine rings is 1. The summed E-state index contributed by atoms with van der Waals surface area (Å²) in [5.74, 6) is 0.156. The van der Waals surface area contributed by atoms with Crippen LogP contribution in [0, 0.1) is 0 Å². The molecule has 0 aliphatic carbocycles. The van der Waals surface area contributed by atoms with Crippen LogP contribution in [-0.4, -0.2) is 71.8 Å². The van der Waals surface area contributed by atoms with Crippen LogP contribution >= 0.6 is 23.2 Å². The SMILES string of the molecule is CC(=O)N1CCN(C(=O)Cc2ccc(Cl)c(Cl)c2)[C@H](CN2CCCC2)C1. The van der Waals surface area contributed by atoms with E-state index in [1.807, 2.05) is 15.9 Å². The van der Waals surface area contributed by atoms with Crippen LogP contribution in [0.25, 0.3) is 0 Å². The van der Waals surface area contributed by atoms with Gasteiger partial charge in [-0.3, -0.25) is 9.59 Å². The molecule has 0 spiro atoms. The smallest absolute Gasteiger partial charge is 0.227 e. The molecule has 26 heavy (non-hydrogen) atoms. The third-order valence-corrected chi connectivity index (χ3v) is 5.99. The zero-order valence-corrected chi connectivity index (χ0v) is 16.6. The van der Waals surface area contributed by atoms with E-state index in [9.17, 15) is 9.59 Å². The van der Waals surface area contributed by atoms with Crippen molar-refractivity contribution in [2.24, 2.45) is 0 Å². The summed E-state index contributed by atoms with van der Waals surface area (Å²) in [5.41, 5.74) is 0.860. The van der Waals surface area contributed by atoms with Gasteiger partial charge in [0.1, 0.15) is 0 Å². The lowest BCUT2D eigenvalue weighted by Gasteiger charge is -2.42. The third-order valence-electron chi connectivity index (χ3n) is 5.26. The zero-order chi connectivity index (χ0) is 18.7. The zero-order valence-electron chi connectivity index (χ0n) is 15.1. The van der Waals surface area contributed by atoms with E-state index in [0.717, 1.165) is 25.2 Å². The molecule has 0 aromatic heterocycles. The molecule has 2 heterocycles. The average Bonchev–Trinajstić information content (AvgIpc) is 3.11. The molecule has 0 radical (unpaired) electrons. The fraction of sp³-hybridized carbons (Fsp3) is 0.579. The van der Waals surface area contributed by atoms with E-state index in [0.29, 0.717) is 36.1 Å². The second-order valence-corrected chi connectivity index (χ2v) is 7.95. The molecule has 1 atom stereocenters. The topological polar surface area (TPSA) is 43.9 Å². The van der Waals surface area contributed by atoms with Gasteiger partial charge in [0.05, 0.1) is 22.5 Å². The molecule has 7 heteroatoms. The Labute approximate surface area is 164 Å². The summed E-state index contributed by atoms with van der Waals surface area (Å²) in [4.78, 5) is 30.9. The normalized spacial score (nSPS) is 21.3. The first-order valence-corrected chi connectivity index (χ1v) is 9.91. The van der Waals surface area contributed by atoms with Crippen molar-refractivity contribution in [3.05, 3.63) is 33.8 Å². The molecule has 2 saturated heterocycles. The fourth-order valence-corrected chi connectivity index (χ4v) is 4.14. The standard InChI is InChI=1S/C19H25Cl2N3O2/c1-14(25)23-8-9-24(16(13-23)12-22-6-2-3-7-22)19(26)11-15-4-5-17(20)18(21)10-15/h4-5,10,16H,2-3,6-9,11-13H2,1H3/t16-/m1/s1. The molecule has 5 nitrogen and oxygen atoms in total. The van der Waals surface area contributed by atoms with Crippen LogP contribution in [-0.2, 0) is 16.0 Å². The van der Waals surface area contributed by atoms with Crippen LogP contribution in [0.2, 0.25) is 10.0 Å². The molecule has 2 fully saturated rings. The predicted octanol–water partition coefficient (Wildman–Crippen LogP) is 2.69. The highest BCUT2D eigenvalue weighted by Crippen LogP contribution is 2.24. The maximum atomic E-state index is 13.0. The van der Waals surface area contributed by atoms with E-state index in [2.05, 4.69) is 4.90 Å². The monoisotopic (exact) mass is 397 g/mol. The molecule has 0 unspecified atom stereocenters. The quantitative estimate of drug-likeness (QED) is 0.784. The Morgan fingerprint density at radius 3 is 2.46 bits per heavy atom. The van der Waals surface area contributed by atoms with E-state index in [1.54, 1.807) is 19.1 Å². The second kappa shape index (κ2) is 8.59. The van der Waals surface area contributed by atoms with Crippen LogP contribution in [0.4, 0.5) is 0 Å². The molecule has 0 bridgehead atoms. The predicted molar refractivity (Wildman–Crippen MR) is 104 cm³/mol. The lowest BCUT2D eigenvalue weighted by atomic mass is 10.1. The van der Waals surface area contributed by atoms with Gasteiger partial charge in [0.2, 0.25) is 11.8 Å². The van der Waals surface area contributed by atoms with Gasteiger partial charge < -0.3 is 14.7 Å². The maximum Gasteiger partial charge on any atom is 0.227 e. The first-order chi connectivity index (χ1) is 12.4. The summed E-state index contributed by atoms with van der Waals surface area (Å²) in [5, 5.41) is 0.955. The van der Waals surface area contributed by atoms with E-state index >= 15 is 0 Å². The molecule has 2 aliphatic rings. The van der Waals surface area contributed by atoms with Crippen LogP contribution < -0.4 is 0 Å². The number of benzene rings is 1. The minimum Gasteiger partial charge on any atom is -0.339 e. The van der Waals surface area contributed by atoms with Gasteiger partial charge >= 0.3 is 0 Å². The molecule has 142 valence electrons. The summed E-state index contributed by atoms with van der Waals surface area (Å²) in [6, 6.07) is 5.36. The van der Waals surface area contributed by atoms with Gasteiger partial charge in [-0.25, -0.2) is 0 Å². The second-order valence-electron chi connectivity index (χ2n) is 7.14. The summed E-state index contributed by atoms with van der Waals surface area (Å²) < 4.78 is 0. The Hall–Kier alpha value is -1.30. The minimum absolute atomic E-state index is 0.0426. The Kier molecular flexibility index (Phi) is 6.43. The number of rotatable bonds is 4. The van der Waals surface area contributed by atoms with E-state index < -0.39 is 0 Å². The van der Waals surface area contributed by atoms with Crippen LogP contribution in [0.3, 0.4) is 0 Å². The number of amides is 2. The van der Waals surface area contributed by atoms with Crippen molar-refractivity contribution in [2.45, 2.75) is 32.2 Å². The lowest BCUT2D eigenvalue weighted by molar-refractivity contribution is -0.142. The van der Waals surface area contributed by atoms with Gasteiger partial charge in [-0.2, -0.15) is 0 Å². The number of nitrogens with zero attached hydrogens (tertiary/aromatic N) is 3. The molecule has 2 aliphatic heterocycles. The number of carbonyl (C=O) groups excluding carboxylic acids is 2. The molecule has 1 aromatic rings. The lowest BCUT2D eigenvalue weighted by Crippen LogP contribution is -2.59. The molecular formula is C19H25Cl2N3O2. The first kappa shape index (κ1) is 19.5. The van der Waals surface area contributed by atoms with Gasteiger partial charge in [0.25, 0.3) is 0 Å². The molecule has 3 rings (SSSR count). The Balaban J connectivity index is 1.70. The molecule has 1 aromatic carbocycles. The van der Waals surface area contributed by atoms with Crippen molar-refractivity contribution in [1.82, 2.24) is 14.7 Å². The Bertz CT molecular complexity index is 677. The maximum absolute atomic E-state index is 13.0. The number of hydrogen-bond donors (Lipinski definition) is 0. The van der Waals surface area contributed by atoms with Gasteiger partial charge in [-0.1, -0.05) is 29.3 Å². The molecular weight excluding hydrogens is 373 g/mol. The summed E-state index contributed by atoms with van der Waals surface area (Å²) in [6.45, 7) is 6.37. The number of likely N-dealkylation sites (tertiary alicyclic amines) is 1. The largest absolute Gasteiger partial charge is 0.339 e. The minimum atomic E-state index is 0.0426. The van der Waals surface area contributed by atoms with E-state index in [4.69, 9.17) is 23.2 Å². The molecule has 0 saturated carbocycles. The highest BCUT2D eigenvalue weighted by molar-refractivity contribution is 6.42. The van der Waals surface area contributed by atoms with Crippen molar-refractivity contribution in [3.63, 3.8) is 0 Å². The van der Waals surface area contributed by atoms with Crippen molar-refractivity contribution in [1.29, 1.82) is 0 Å². The number of hydrogen-bond acceptors (Lipinski definition) is 3. The van der Waals surface area contributed by atoms with Crippen molar-refractivity contribution in [2.75, 3.05) is 39.3 Å². The van der Waals surface area contributed by atoms with Gasteiger partial charge in [0, 0.05) is 33.1 Å². The highest BCUT2D eigenvalue weighted by Gasteiger charge is 2.33. The number of halogens is 2. The highest BCUT2D eigenvalue weighted by atomic mass is 35.5. The average molecular weight is 398 g/mol. The van der Waals surface area contributed by atoms with E-state index in [1.165, 1.54) is 12.8 Å². The van der Waals surface area contributed by atoms with Gasteiger partial charge in [-0.05, 0) is 43.6 Å². The fourth-order valence-electron chi connectivity index (χ4n) is 3.81. The first-order valence-electron chi connectivity index (χ1n) is 9.15. The van der Waals surface area contributed by atoms with Gasteiger partial charge in [-0.15, -0.1) is 0 Å². The van der Waals surface area contributed by atoms with Crippen LogP contribution in [0.1, 0.15) is 25.3 Å². The van der Waals surface area contributed by atoms with Crippen LogP contribution in [0.15, 0.2) is 18.2 Å². The van der Waals surface area contributed by atoms with E-state index in [-0.39, 0.29) is 17.9 Å². The van der Waals surface area contributed by atoms with Crippen molar-refractivity contribution < 1.29 is 9.59 Å². The van der Waals surface area contributed by atoms with Crippen molar-refractivity contribution in [3.8, 4) is 0 Å². The summed E-state index contributed by atoms with van der Waals surface area (Å²) in [7, 11) is 0. The molecule has 2 amide bonds. The van der Waals surface area contributed by atoms with Gasteiger partial charge in [0.15, 0.2) is 0 Å². The number of carbonyl (C=O) groups is 2. The summed E-state index contributed by atoms with van der Waals surface area (Å²) >= 11 is 12.0.